The second-order valence-corrected chi connectivity index (χ2v) is 7.68. The van der Waals surface area contributed by atoms with Crippen molar-refractivity contribution >= 4 is 23.4 Å². The van der Waals surface area contributed by atoms with E-state index in [2.05, 4.69) is 20.6 Å². The maximum Gasteiger partial charge on any atom is 0.246 e. The number of anilines is 3. The number of likely N-dealkylation sites (N-methyl/N-ethyl adjacent to an activating group) is 1. The van der Waals surface area contributed by atoms with Crippen LogP contribution in [0.2, 0.25) is 0 Å². The van der Waals surface area contributed by atoms with Gasteiger partial charge in [-0.15, -0.1) is 0 Å². The molecule has 1 aliphatic carbocycles. The molecule has 9 nitrogen and oxygen atoms in total. The van der Waals surface area contributed by atoms with Crippen LogP contribution < -0.4 is 29.7 Å². The first-order valence-electron chi connectivity index (χ1n) is 9.97. The molecule has 2 aliphatic rings. The molecule has 1 amide bonds. The smallest absolute Gasteiger partial charge is 0.246 e. The van der Waals surface area contributed by atoms with Gasteiger partial charge in [0.25, 0.3) is 0 Å². The highest BCUT2D eigenvalue weighted by Gasteiger charge is 2.33. The van der Waals surface area contributed by atoms with E-state index in [9.17, 15) is 4.79 Å². The summed E-state index contributed by atoms with van der Waals surface area (Å²) in [6, 6.07) is 5.50. The number of nitrogens with zero attached hydrogens (tertiary/aromatic N) is 3. The van der Waals surface area contributed by atoms with Crippen LogP contribution >= 0.6 is 0 Å². The lowest BCUT2D eigenvalue weighted by atomic mass is 9.89. The van der Waals surface area contributed by atoms with Crippen molar-refractivity contribution < 1.29 is 19.0 Å². The zero-order valence-corrected chi connectivity index (χ0v) is 17.9. The van der Waals surface area contributed by atoms with E-state index >= 15 is 0 Å². The molecule has 9 heteroatoms. The highest BCUT2D eigenvalue weighted by atomic mass is 16.5. The maximum atomic E-state index is 12.0. The van der Waals surface area contributed by atoms with Gasteiger partial charge in [-0.2, -0.15) is 4.98 Å². The van der Waals surface area contributed by atoms with E-state index in [1.807, 2.05) is 44.0 Å². The lowest BCUT2D eigenvalue weighted by molar-refractivity contribution is -0.117. The Labute approximate surface area is 175 Å². The molecule has 1 aromatic carbocycles. The number of rotatable bonds is 6. The molecule has 2 N–H and O–H groups in total. The largest absolute Gasteiger partial charge is 0.493 e. The average Bonchev–Trinajstić information content (AvgIpc) is 2.71. The highest BCUT2D eigenvalue weighted by molar-refractivity contribution is 6.03. The molecule has 0 spiro atoms. The number of nitrogens with one attached hydrogen (secondary N) is 2. The van der Waals surface area contributed by atoms with E-state index in [1.54, 1.807) is 14.2 Å². The predicted molar refractivity (Wildman–Crippen MR) is 114 cm³/mol. The van der Waals surface area contributed by atoms with E-state index < -0.39 is 0 Å². The fraction of sp³-hybridized carbons (Fsp3) is 0.476. The number of aryl methyl sites for hydroxylation is 1. The number of ether oxygens (including phenoxy) is 3. The van der Waals surface area contributed by atoms with Crippen LogP contribution in [-0.4, -0.2) is 55.3 Å². The van der Waals surface area contributed by atoms with Crippen molar-refractivity contribution in [2.45, 2.75) is 44.9 Å². The lowest BCUT2D eigenvalue weighted by Crippen LogP contribution is -2.45. The second-order valence-electron chi connectivity index (χ2n) is 7.68. The number of aromatic nitrogens is 2. The molecule has 1 aliphatic heterocycles. The van der Waals surface area contributed by atoms with Crippen LogP contribution in [0.25, 0.3) is 0 Å². The normalized spacial score (nSPS) is 22.5. The summed E-state index contributed by atoms with van der Waals surface area (Å²) in [5.74, 6) is 3.32. The van der Waals surface area contributed by atoms with Crippen LogP contribution in [0.4, 0.5) is 17.5 Å². The van der Waals surface area contributed by atoms with E-state index in [0.29, 0.717) is 23.1 Å². The average molecular weight is 413 g/mol. The Kier molecular flexibility index (Phi) is 5.27. The van der Waals surface area contributed by atoms with E-state index in [1.165, 1.54) is 0 Å². The zero-order valence-electron chi connectivity index (χ0n) is 17.9. The van der Waals surface area contributed by atoms with Crippen LogP contribution in [-0.2, 0) is 4.79 Å². The third-order valence-corrected chi connectivity index (χ3v) is 5.70. The van der Waals surface area contributed by atoms with Gasteiger partial charge < -0.3 is 29.7 Å². The van der Waals surface area contributed by atoms with Gasteiger partial charge in [-0.25, -0.2) is 4.98 Å². The van der Waals surface area contributed by atoms with Crippen molar-refractivity contribution in [1.29, 1.82) is 0 Å². The van der Waals surface area contributed by atoms with Gasteiger partial charge in [-0.3, -0.25) is 4.79 Å². The van der Waals surface area contributed by atoms with Crippen molar-refractivity contribution in [2.24, 2.45) is 0 Å². The van der Waals surface area contributed by atoms with Gasteiger partial charge in [0.05, 0.1) is 19.9 Å². The van der Waals surface area contributed by atoms with Crippen LogP contribution in [0.15, 0.2) is 18.2 Å². The summed E-state index contributed by atoms with van der Waals surface area (Å²) in [5.41, 5.74) is 1.42. The van der Waals surface area contributed by atoms with Crippen LogP contribution in [0.1, 0.15) is 25.5 Å². The van der Waals surface area contributed by atoms with E-state index in [0.717, 1.165) is 30.1 Å². The number of fused-ring (bicyclic) bond motifs is 1. The quantitative estimate of drug-likeness (QED) is 0.746. The summed E-state index contributed by atoms with van der Waals surface area (Å²) in [6.45, 7) is 3.73. The number of benzene rings is 1. The topological polar surface area (TPSA) is 97.8 Å². The van der Waals surface area contributed by atoms with Crippen molar-refractivity contribution in [1.82, 2.24) is 9.97 Å². The van der Waals surface area contributed by atoms with Crippen LogP contribution in [0.3, 0.4) is 0 Å². The van der Waals surface area contributed by atoms with Crippen LogP contribution in [0, 0.1) is 6.92 Å². The molecule has 4 rings (SSSR count). The minimum atomic E-state index is -0.275. The van der Waals surface area contributed by atoms with Gasteiger partial charge >= 0.3 is 0 Å². The van der Waals surface area contributed by atoms with E-state index in [-0.39, 0.29) is 24.1 Å². The molecule has 1 saturated carbocycles. The first kappa shape index (κ1) is 20.1. The van der Waals surface area contributed by atoms with E-state index in [4.69, 9.17) is 14.2 Å². The molecule has 0 unspecified atom stereocenters. The van der Waals surface area contributed by atoms with Crippen molar-refractivity contribution in [2.75, 3.05) is 36.8 Å². The summed E-state index contributed by atoms with van der Waals surface area (Å²) >= 11 is 0. The maximum absolute atomic E-state index is 12.0. The molecule has 0 bridgehead atoms. The van der Waals surface area contributed by atoms with Gasteiger partial charge in [-0.05, 0) is 26.0 Å². The molecule has 1 atom stereocenters. The number of hydrogen-bond acceptors (Lipinski definition) is 8. The molecule has 2 aromatic rings. The Morgan fingerprint density at radius 2 is 1.90 bits per heavy atom. The Morgan fingerprint density at radius 1 is 1.17 bits per heavy atom. The first-order chi connectivity index (χ1) is 14.4. The molecule has 1 fully saturated rings. The molecular formula is C21H27N5O4. The van der Waals surface area contributed by atoms with Gasteiger partial charge in [0.2, 0.25) is 11.9 Å². The molecule has 1 aromatic heterocycles. The molecule has 160 valence electrons. The van der Waals surface area contributed by atoms with Crippen molar-refractivity contribution in [3.05, 3.63) is 23.9 Å². The van der Waals surface area contributed by atoms with Crippen molar-refractivity contribution in [3.8, 4) is 17.2 Å². The highest BCUT2D eigenvalue weighted by Crippen LogP contribution is 2.35. The monoisotopic (exact) mass is 413 g/mol. The minimum Gasteiger partial charge on any atom is -0.493 e. The number of hydrogen-bond donors (Lipinski definition) is 2. The standard InChI is InChI=1S/C21H27N5O4/c1-11-18-19(26(3)12(2)20(27)24-18)25-21(22-11)23-13-8-15(9-13)30-14-6-7-16(28-4)17(10-14)29-5/h6-7,10,12-13,15H,8-9H2,1-5H3,(H,24,27)(H,22,23,25)/t12-,13-,15-/m0/s1. The minimum absolute atomic E-state index is 0.0495. The molecule has 30 heavy (non-hydrogen) atoms. The Hall–Kier alpha value is -3.23. The summed E-state index contributed by atoms with van der Waals surface area (Å²) in [5, 5.41) is 6.28. The zero-order chi connectivity index (χ0) is 21.4. The fourth-order valence-electron chi connectivity index (χ4n) is 3.66. The Bertz CT molecular complexity index is 961. The Morgan fingerprint density at radius 3 is 2.60 bits per heavy atom. The van der Waals surface area contributed by atoms with Gasteiger partial charge in [0.15, 0.2) is 17.3 Å². The summed E-state index contributed by atoms with van der Waals surface area (Å²) in [7, 11) is 5.08. The van der Waals surface area contributed by atoms with Crippen LogP contribution in [0.5, 0.6) is 17.2 Å². The summed E-state index contributed by atoms with van der Waals surface area (Å²) in [4.78, 5) is 23.1. The summed E-state index contributed by atoms with van der Waals surface area (Å²) in [6.07, 6.45) is 1.80. The third-order valence-electron chi connectivity index (χ3n) is 5.70. The third kappa shape index (κ3) is 3.67. The first-order valence-corrected chi connectivity index (χ1v) is 9.97. The number of carbonyl (C=O) groups is 1. The fourth-order valence-corrected chi connectivity index (χ4v) is 3.66. The Balaban J connectivity index is 1.38. The van der Waals surface area contributed by atoms with Gasteiger partial charge in [0.1, 0.15) is 23.6 Å². The number of amides is 1. The SMILES string of the molecule is COc1ccc(O[C@H]2C[C@H](Nc3nc(C)c4c(n3)N(C)[C@@H](C)C(=O)N4)C2)cc1OC. The van der Waals surface area contributed by atoms with Crippen molar-refractivity contribution in [3.63, 3.8) is 0 Å². The molecule has 0 radical (unpaired) electrons. The lowest BCUT2D eigenvalue weighted by Gasteiger charge is -2.37. The molecular weight excluding hydrogens is 386 g/mol. The molecule has 0 saturated heterocycles. The molecule has 2 heterocycles. The predicted octanol–water partition coefficient (Wildman–Crippen LogP) is 2.60. The van der Waals surface area contributed by atoms with Gasteiger partial charge in [-0.1, -0.05) is 0 Å². The summed E-state index contributed by atoms with van der Waals surface area (Å²) < 4.78 is 16.6. The second kappa shape index (κ2) is 7.89. The van der Waals surface area contributed by atoms with Gasteiger partial charge in [0, 0.05) is 32.0 Å². The number of carbonyl (C=O) groups excluding carboxylic acids is 1. The number of methoxy groups -OCH3 is 2.